The molecule has 1 rings (SSSR count). The first-order chi connectivity index (χ1) is 7.22. The van der Waals surface area contributed by atoms with Crippen molar-refractivity contribution in [3.05, 3.63) is 0 Å². The van der Waals surface area contributed by atoms with Crippen LogP contribution >= 0.6 is 0 Å². The molecule has 0 aromatic rings. The molecule has 0 bridgehead atoms. The van der Waals surface area contributed by atoms with E-state index in [0.29, 0.717) is 12.5 Å². The van der Waals surface area contributed by atoms with Crippen molar-refractivity contribution in [3.63, 3.8) is 0 Å². The van der Waals surface area contributed by atoms with Gasteiger partial charge in [-0.3, -0.25) is 4.79 Å². The lowest BCUT2D eigenvalue weighted by Crippen LogP contribution is -2.32. The molecule has 1 amide bonds. The average Bonchev–Trinajstić information content (AvgIpc) is 2.97. The summed E-state index contributed by atoms with van der Waals surface area (Å²) in [5.41, 5.74) is 0. The van der Waals surface area contributed by atoms with Crippen LogP contribution in [0.25, 0.3) is 0 Å². The molecule has 0 heterocycles. The van der Waals surface area contributed by atoms with E-state index in [1.54, 1.807) is 0 Å². The maximum Gasteiger partial charge on any atom is 0.221 e. The number of amides is 1. The maximum absolute atomic E-state index is 11.3. The van der Waals surface area contributed by atoms with E-state index < -0.39 is 0 Å². The Morgan fingerprint density at radius 1 is 1.53 bits per heavy atom. The molecular weight excluding hydrogens is 192 g/mol. The molecule has 0 aromatic heterocycles. The highest BCUT2D eigenvalue weighted by atomic mass is 16.5. The van der Waals surface area contributed by atoms with E-state index in [4.69, 9.17) is 4.74 Å². The first-order valence-corrected chi connectivity index (χ1v) is 5.84. The highest BCUT2D eigenvalue weighted by Gasteiger charge is 2.22. The van der Waals surface area contributed by atoms with Crippen LogP contribution in [0.4, 0.5) is 0 Å². The second kappa shape index (κ2) is 6.80. The molecule has 88 valence electrons. The Morgan fingerprint density at radius 2 is 2.27 bits per heavy atom. The summed E-state index contributed by atoms with van der Waals surface area (Å²) in [5, 5.41) is 6.17. The second-order valence-corrected chi connectivity index (χ2v) is 4.06. The fraction of sp³-hybridized carbons (Fsp3) is 0.909. The Balaban J connectivity index is 1.88. The van der Waals surface area contributed by atoms with Gasteiger partial charge in [-0.1, -0.05) is 0 Å². The molecule has 1 fully saturated rings. The van der Waals surface area contributed by atoms with Gasteiger partial charge in [-0.05, 0) is 26.7 Å². The van der Waals surface area contributed by atoms with Gasteiger partial charge >= 0.3 is 0 Å². The van der Waals surface area contributed by atoms with Crippen molar-refractivity contribution >= 4 is 5.91 Å². The first-order valence-electron chi connectivity index (χ1n) is 5.84. The molecule has 0 spiro atoms. The van der Waals surface area contributed by atoms with Crippen LogP contribution in [0.15, 0.2) is 0 Å². The van der Waals surface area contributed by atoms with E-state index in [1.807, 2.05) is 13.8 Å². The van der Waals surface area contributed by atoms with E-state index >= 15 is 0 Å². The minimum absolute atomic E-state index is 0.161. The third kappa shape index (κ3) is 6.47. The lowest BCUT2D eigenvalue weighted by atomic mass is 10.3. The molecular formula is C11H22N2O2. The zero-order valence-electron chi connectivity index (χ0n) is 9.71. The monoisotopic (exact) mass is 214 g/mol. The lowest BCUT2D eigenvalue weighted by molar-refractivity contribution is -0.121. The normalized spacial score (nSPS) is 17.5. The van der Waals surface area contributed by atoms with E-state index in [9.17, 15) is 4.79 Å². The molecule has 0 saturated heterocycles. The van der Waals surface area contributed by atoms with Crippen molar-refractivity contribution in [2.45, 2.75) is 45.3 Å². The Labute approximate surface area is 91.8 Å². The van der Waals surface area contributed by atoms with Crippen LogP contribution < -0.4 is 10.6 Å². The molecule has 0 aromatic carbocycles. The molecule has 0 aliphatic heterocycles. The number of rotatable bonds is 8. The van der Waals surface area contributed by atoms with E-state index in [-0.39, 0.29) is 12.0 Å². The number of ether oxygens (including phenoxy) is 1. The van der Waals surface area contributed by atoms with Gasteiger partial charge in [0.15, 0.2) is 0 Å². The van der Waals surface area contributed by atoms with Crippen LogP contribution in [-0.4, -0.2) is 37.7 Å². The SMILES string of the molecule is CCOC(C)CNCCC(=O)NC1CC1. The summed E-state index contributed by atoms with van der Waals surface area (Å²) in [5.74, 6) is 0.161. The second-order valence-electron chi connectivity index (χ2n) is 4.06. The van der Waals surface area contributed by atoms with Crippen molar-refractivity contribution in [1.82, 2.24) is 10.6 Å². The van der Waals surface area contributed by atoms with Crippen LogP contribution in [0.5, 0.6) is 0 Å². The van der Waals surface area contributed by atoms with Gasteiger partial charge in [0.1, 0.15) is 0 Å². The van der Waals surface area contributed by atoms with Gasteiger partial charge in [-0.15, -0.1) is 0 Å². The van der Waals surface area contributed by atoms with Crippen molar-refractivity contribution in [2.24, 2.45) is 0 Å². The number of carbonyl (C=O) groups is 1. The summed E-state index contributed by atoms with van der Waals surface area (Å²) in [6.07, 6.45) is 3.10. The Hall–Kier alpha value is -0.610. The molecule has 0 radical (unpaired) electrons. The van der Waals surface area contributed by atoms with Gasteiger partial charge in [-0.25, -0.2) is 0 Å². The molecule has 1 saturated carbocycles. The van der Waals surface area contributed by atoms with Crippen LogP contribution in [0.2, 0.25) is 0 Å². The third-order valence-electron chi connectivity index (χ3n) is 2.35. The molecule has 1 aliphatic rings. The van der Waals surface area contributed by atoms with Gasteiger partial charge in [0.2, 0.25) is 5.91 Å². The van der Waals surface area contributed by atoms with E-state index in [2.05, 4.69) is 10.6 Å². The summed E-state index contributed by atoms with van der Waals surface area (Å²) in [4.78, 5) is 11.3. The smallest absolute Gasteiger partial charge is 0.221 e. The summed E-state index contributed by atoms with van der Waals surface area (Å²) < 4.78 is 5.36. The van der Waals surface area contributed by atoms with Gasteiger partial charge in [0.05, 0.1) is 6.10 Å². The van der Waals surface area contributed by atoms with Crippen molar-refractivity contribution in [3.8, 4) is 0 Å². The quantitative estimate of drug-likeness (QED) is 0.584. The average molecular weight is 214 g/mol. The number of carbonyl (C=O) groups excluding carboxylic acids is 1. The summed E-state index contributed by atoms with van der Waals surface area (Å²) in [6, 6.07) is 0.472. The molecule has 2 N–H and O–H groups in total. The Morgan fingerprint density at radius 3 is 2.87 bits per heavy atom. The van der Waals surface area contributed by atoms with E-state index in [0.717, 1.165) is 32.5 Å². The van der Waals surface area contributed by atoms with Gasteiger partial charge < -0.3 is 15.4 Å². The molecule has 1 atom stereocenters. The fourth-order valence-electron chi connectivity index (χ4n) is 1.38. The van der Waals surface area contributed by atoms with Crippen molar-refractivity contribution in [2.75, 3.05) is 19.7 Å². The minimum atomic E-state index is 0.161. The maximum atomic E-state index is 11.3. The van der Waals surface area contributed by atoms with Gasteiger partial charge in [0.25, 0.3) is 0 Å². The largest absolute Gasteiger partial charge is 0.377 e. The van der Waals surface area contributed by atoms with Crippen LogP contribution in [0.1, 0.15) is 33.1 Å². The van der Waals surface area contributed by atoms with Gasteiger partial charge in [0, 0.05) is 32.2 Å². The number of hydrogen-bond donors (Lipinski definition) is 2. The molecule has 1 aliphatic carbocycles. The van der Waals surface area contributed by atoms with Crippen LogP contribution in [0.3, 0.4) is 0 Å². The zero-order chi connectivity index (χ0) is 11.1. The standard InChI is InChI=1S/C11H22N2O2/c1-3-15-9(2)8-12-7-6-11(14)13-10-4-5-10/h9-10,12H,3-8H2,1-2H3,(H,13,14). The van der Waals surface area contributed by atoms with Crippen molar-refractivity contribution in [1.29, 1.82) is 0 Å². The summed E-state index contributed by atoms with van der Waals surface area (Å²) in [7, 11) is 0. The number of nitrogens with one attached hydrogen (secondary N) is 2. The minimum Gasteiger partial charge on any atom is -0.377 e. The highest BCUT2D eigenvalue weighted by Crippen LogP contribution is 2.18. The lowest BCUT2D eigenvalue weighted by Gasteiger charge is -2.12. The van der Waals surface area contributed by atoms with Crippen LogP contribution in [-0.2, 0) is 9.53 Å². The molecule has 4 nitrogen and oxygen atoms in total. The van der Waals surface area contributed by atoms with Crippen molar-refractivity contribution < 1.29 is 9.53 Å². The third-order valence-corrected chi connectivity index (χ3v) is 2.35. The predicted octanol–water partition coefficient (Wildman–Crippen LogP) is 0.670. The summed E-state index contributed by atoms with van der Waals surface area (Å²) in [6.45, 7) is 6.30. The number of hydrogen-bond acceptors (Lipinski definition) is 3. The fourth-order valence-corrected chi connectivity index (χ4v) is 1.38. The van der Waals surface area contributed by atoms with Crippen LogP contribution in [0, 0.1) is 0 Å². The molecule has 15 heavy (non-hydrogen) atoms. The Bertz CT molecular complexity index is 193. The summed E-state index contributed by atoms with van der Waals surface area (Å²) >= 11 is 0. The predicted molar refractivity (Wildman–Crippen MR) is 59.7 cm³/mol. The van der Waals surface area contributed by atoms with E-state index in [1.165, 1.54) is 0 Å². The zero-order valence-corrected chi connectivity index (χ0v) is 9.71. The molecule has 1 unspecified atom stereocenters. The topological polar surface area (TPSA) is 50.4 Å². The molecule has 4 heteroatoms. The van der Waals surface area contributed by atoms with Gasteiger partial charge in [-0.2, -0.15) is 0 Å². The first kappa shape index (κ1) is 12.5. The highest BCUT2D eigenvalue weighted by molar-refractivity contribution is 5.76. The Kier molecular flexibility index (Phi) is 5.65.